The summed E-state index contributed by atoms with van der Waals surface area (Å²) >= 11 is 0. The quantitative estimate of drug-likeness (QED) is 0.111. The predicted octanol–water partition coefficient (Wildman–Crippen LogP) is 10.2. The minimum Gasteiger partial charge on any atom is -0.492 e. The van der Waals surface area contributed by atoms with E-state index in [1.165, 1.54) is 80.4 Å². The Kier molecular flexibility index (Phi) is 21.7. The molecule has 4 aromatic carbocycles. The first-order chi connectivity index (χ1) is 58.3. The van der Waals surface area contributed by atoms with E-state index in [-0.39, 0.29) is 12.2 Å². The Morgan fingerprint density at radius 1 is 0.353 bits per heavy atom. The van der Waals surface area contributed by atoms with Gasteiger partial charge in [-0.1, -0.05) is 24.3 Å². The zero-order chi connectivity index (χ0) is 80.2. The molecule has 28 nitrogen and oxygen atoms in total. The van der Waals surface area contributed by atoms with E-state index in [1.807, 2.05) is 85.8 Å². The lowest BCUT2D eigenvalue weighted by Crippen LogP contribution is -2.58. The summed E-state index contributed by atoms with van der Waals surface area (Å²) < 4.78 is 33.2. The zero-order valence-electron chi connectivity index (χ0n) is 69.6. The molecule has 11 aliphatic rings. The Bertz CT molecular complexity index is 5630. The molecule has 0 radical (unpaired) electrons. The highest BCUT2D eigenvalue weighted by Gasteiger charge is 2.39. The maximum atomic E-state index is 6.62. The number of hydrogen-bond donors (Lipinski definition) is 4. The van der Waals surface area contributed by atoms with Crippen molar-refractivity contribution in [2.75, 3.05) is 179 Å². The third-order valence-electron chi connectivity index (χ3n) is 26.6. The standard InChI is InChI=1S/C24H30N6O.2C23H28N6O.C21H26N6O/c1-17-5-6-19-12-21(17)22-13-25-30-9-7-23(26-24(22)30)27(2)10-11-28-14-18-4-3-8-29(18)16-20(15-28)31-19;1-16-4-5-19-11-20(16)21-12-25-29-9-6-22(26-23(21)29)24-7-10-28-13-17-3-2-8-27(17)14-18(28)15-30-19;1-16-4-5-18-11-20(16)21-12-25-29-9-6-22(26-23(21)29)24-7-10-27-13-17-3-2-8-28(17)15-19(14-27)30-18;1-14-3-4-17-9-18(14)19-11-24-27-7-5-20(25-21(19)27)22-6-8-26-12-15(2)23-10-16(26)13-28-17/h5-7,9,12-13,18,20H,3-4,8,10-11,14-16H2,1-2H3;4-6,9,11-12,17-18H,2-3,7-8,10,13-15H2,1H3,(H,24,26);4-6,9,11-12,17,19H,2-3,7-8,10,13-15H2,1H3,(H,24,26);3-5,7,9,11,15-16,23H,6,8,10,12-13H2,1-2H3,(H,22,25)/t18-,20-;17-,18+;17-,19-;15-,16+/m0101/s1. The summed E-state index contributed by atoms with van der Waals surface area (Å²) in [5.41, 5.74) is 17.0. The van der Waals surface area contributed by atoms with Gasteiger partial charge in [-0.25, -0.2) is 38.0 Å². The van der Waals surface area contributed by atoms with Crippen molar-refractivity contribution in [2.45, 2.75) is 122 Å². The molecule has 0 spiro atoms. The van der Waals surface area contributed by atoms with Crippen molar-refractivity contribution in [2.24, 2.45) is 0 Å². The first-order valence-corrected chi connectivity index (χ1v) is 43.5. The molecule has 0 amide bonds. The van der Waals surface area contributed by atoms with Crippen LogP contribution in [-0.4, -0.2) is 299 Å². The number of fused-ring (bicyclic) bond motifs is 25. The van der Waals surface area contributed by atoms with Crippen LogP contribution in [0.4, 0.5) is 23.3 Å². The normalized spacial score (nSPS) is 25.2. The molecule has 28 heteroatoms. The van der Waals surface area contributed by atoms with E-state index in [1.54, 1.807) is 0 Å². The number of rotatable bonds is 0. The maximum absolute atomic E-state index is 6.62. The average Bonchev–Trinajstić information content (AvgIpc) is 1.68. The van der Waals surface area contributed by atoms with E-state index in [4.69, 9.17) is 38.9 Å². The largest absolute Gasteiger partial charge is 0.492 e. The Hall–Kier alpha value is -10.6. The minimum atomic E-state index is 0.176. The van der Waals surface area contributed by atoms with Crippen LogP contribution >= 0.6 is 0 Å². The number of nitrogens with zero attached hydrogens (tertiary/aromatic N) is 20. The highest BCUT2D eigenvalue weighted by Crippen LogP contribution is 2.38. The number of aryl methyl sites for hydroxylation is 4. The van der Waals surface area contributed by atoms with Gasteiger partial charge in [0.25, 0.3) is 0 Å². The van der Waals surface area contributed by atoms with Crippen molar-refractivity contribution in [3.63, 3.8) is 0 Å². The topological polar surface area (TPSA) is 232 Å². The second kappa shape index (κ2) is 33.6. The van der Waals surface area contributed by atoms with Crippen LogP contribution in [0.1, 0.15) is 67.7 Å². The molecule has 2 unspecified atom stereocenters. The fourth-order valence-corrected chi connectivity index (χ4v) is 20.0. The molecule has 12 aromatic rings. The Morgan fingerprint density at radius 3 is 1.23 bits per heavy atom. The van der Waals surface area contributed by atoms with E-state index >= 15 is 0 Å². The van der Waals surface area contributed by atoms with Gasteiger partial charge in [0, 0.05) is 196 Å². The number of piperazine rings is 2. The van der Waals surface area contributed by atoms with E-state index in [0.717, 1.165) is 238 Å². The summed E-state index contributed by atoms with van der Waals surface area (Å²) in [5.74, 6) is 7.37. The number of anilines is 4. The fraction of sp³-hybridized carbons (Fsp3) is 0.473. The summed E-state index contributed by atoms with van der Waals surface area (Å²) in [4.78, 5) is 40.1. The summed E-state index contributed by atoms with van der Waals surface area (Å²) in [5, 5.41) is 32.2. The van der Waals surface area contributed by atoms with Crippen molar-refractivity contribution in [1.29, 1.82) is 0 Å². The van der Waals surface area contributed by atoms with Crippen molar-refractivity contribution in [3.8, 4) is 67.5 Å². The molecule has 19 heterocycles. The van der Waals surface area contributed by atoms with Gasteiger partial charge in [0.1, 0.15) is 71.7 Å². The van der Waals surface area contributed by atoms with Crippen molar-refractivity contribution >= 4 is 45.9 Å². The molecule has 620 valence electrons. The molecule has 7 fully saturated rings. The van der Waals surface area contributed by atoms with Gasteiger partial charge < -0.3 is 45.1 Å². The van der Waals surface area contributed by atoms with Crippen LogP contribution in [0.5, 0.6) is 23.0 Å². The molecule has 7 saturated heterocycles. The van der Waals surface area contributed by atoms with Crippen LogP contribution < -0.4 is 45.1 Å². The number of aromatic nitrogens is 12. The Balaban J connectivity index is 0.000000102. The third-order valence-corrected chi connectivity index (χ3v) is 26.6. The predicted molar refractivity (Wildman–Crippen MR) is 466 cm³/mol. The van der Waals surface area contributed by atoms with Gasteiger partial charge >= 0.3 is 0 Å². The van der Waals surface area contributed by atoms with Crippen LogP contribution in [-0.2, 0) is 0 Å². The summed E-state index contributed by atoms with van der Waals surface area (Å²) in [6.07, 6.45) is 23.8. The number of likely N-dealkylation sites (N-methyl/N-ethyl adjacent to an activating group) is 1. The summed E-state index contributed by atoms with van der Waals surface area (Å²) in [7, 11) is 2.14. The Morgan fingerprint density at radius 2 is 0.739 bits per heavy atom. The highest BCUT2D eigenvalue weighted by molar-refractivity contribution is 5.84. The first kappa shape index (κ1) is 77.1. The van der Waals surface area contributed by atoms with Crippen molar-refractivity contribution in [1.82, 2.24) is 98.0 Å². The van der Waals surface area contributed by atoms with Gasteiger partial charge in [0.05, 0.1) is 36.9 Å². The molecule has 11 aliphatic heterocycles. The maximum Gasteiger partial charge on any atom is 0.165 e. The van der Waals surface area contributed by atoms with Gasteiger partial charge in [-0.15, -0.1) is 0 Å². The molecule has 23 rings (SSSR count). The van der Waals surface area contributed by atoms with Gasteiger partial charge in [-0.3, -0.25) is 34.3 Å². The molecule has 0 aliphatic carbocycles. The molecule has 0 saturated carbocycles. The summed E-state index contributed by atoms with van der Waals surface area (Å²) in [6.45, 7) is 33.7. The van der Waals surface area contributed by atoms with Crippen LogP contribution in [0, 0.1) is 27.7 Å². The van der Waals surface area contributed by atoms with E-state index in [2.05, 4.69) is 201 Å². The first-order valence-electron chi connectivity index (χ1n) is 43.5. The number of benzene rings is 4. The minimum absolute atomic E-state index is 0.176. The monoisotopic (exact) mass is 1600 g/mol. The SMILES string of the molecule is Cc1ccc2cc1-c1cnn3ccc(nc13)N(C)CCN1C[C@@H](CN3CCC[C@H]3C1)O2.Cc1ccc2cc1-c1cnn3ccc(nc13)NCCN1C[C@@H](C)NC[C@H]1CO2.Cc1ccc2cc1-c1cnn3ccc(nc13)NCCN1C[C@@H](CN3CCC[C@H]3C1)O2.Cc1ccc2cc1-c1cnn3ccc(nc13)NCCN1C[C@H]3CCCN3C[C@H]1CO2. The Labute approximate surface area is 695 Å². The molecule has 20 bridgehead atoms. The van der Waals surface area contributed by atoms with Crippen LogP contribution in [0.25, 0.3) is 67.1 Å². The molecule has 10 atom stereocenters. The molecule has 4 N–H and O–H groups in total. The number of nitrogens with one attached hydrogen (secondary N) is 4. The number of ether oxygens (including phenoxy) is 4. The van der Waals surface area contributed by atoms with Gasteiger partial charge in [-0.2, -0.15) is 20.4 Å². The van der Waals surface area contributed by atoms with Crippen LogP contribution in [0.3, 0.4) is 0 Å². The van der Waals surface area contributed by atoms with Gasteiger partial charge in [0.15, 0.2) is 22.6 Å². The van der Waals surface area contributed by atoms with Gasteiger partial charge in [0.2, 0.25) is 0 Å². The second-order valence-corrected chi connectivity index (χ2v) is 34.7. The highest BCUT2D eigenvalue weighted by atomic mass is 16.5. The average molecular weight is 1610 g/mol. The van der Waals surface area contributed by atoms with Crippen LogP contribution in [0.15, 0.2) is 147 Å². The van der Waals surface area contributed by atoms with Crippen LogP contribution in [0.2, 0.25) is 0 Å². The van der Waals surface area contributed by atoms with E-state index < -0.39 is 0 Å². The summed E-state index contributed by atoms with van der Waals surface area (Å²) in [6, 6.07) is 36.8. The fourth-order valence-electron chi connectivity index (χ4n) is 20.0. The lowest BCUT2D eigenvalue weighted by Gasteiger charge is -2.43. The number of hydrogen-bond acceptors (Lipinski definition) is 24. The smallest absolute Gasteiger partial charge is 0.165 e. The van der Waals surface area contributed by atoms with Gasteiger partial charge in [-0.05, 0) is 210 Å². The molecule has 8 aromatic heterocycles. The van der Waals surface area contributed by atoms with Crippen molar-refractivity contribution < 1.29 is 18.9 Å². The van der Waals surface area contributed by atoms with E-state index in [9.17, 15) is 0 Å². The third kappa shape index (κ3) is 16.5. The lowest BCUT2D eigenvalue weighted by atomic mass is 10.0. The molecular weight excluding hydrogens is 1490 g/mol. The lowest BCUT2D eigenvalue weighted by molar-refractivity contribution is 0.0301. The second-order valence-electron chi connectivity index (χ2n) is 34.7. The molecular formula is C91H112N24O4. The van der Waals surface area contributed by atoms with Crippen molar-refractivity contribution in [3.05, 3.63) is 169 Å². The van der Waals surface area contributed by atoms with E-state index in [0.29, 0.717) is 42.9 Å². The zero-order valence-corrected chi connectivity index (χ0v) is 69.6. The molecule has 119 heavy (non-hydrogen) atoms.